The molecule has 3 aliphatic heterocycles. The summed E-state index contributed by atoms with van der Waals surface area (Å²) in [4.78, 5) is 13.8. The van der Waals surface area contributed by atoms with Gasteiger partial charge in [-0.15, -0.1) is 0 Å². The molecule has 0 aliphatic carbocycles. The molecule has 108 valence electrons. The first-order valence-electron chi connectivity index (χ1n) is 6.87. The second-order valence-corrected chi connectivity index (χ2v) is 7.86. The van der Waals surface area contributed by atoms with Crippen molar-refractivity contribution in [1.29, 1.82) is 0 Å². The Hall–Kier alpha value is -1.40. The highest BCUT2D eigenvalue weighted by Gasteiger charge is 2.57. The summed E-state index contributed by atoms with van der Waals surface area (Å²) in [5.41, 5.74) is 7.45. The number of aryl methyl sites for hydroxylation is 1. The molecular formula is C14H18N2O3S. The van der Waals surface area contributed by atoms with Gasteiger partial charge in [0.15, 0.2) is 9.84 Å². The van der Waals surface area contributed by atoms with Crippen LogP contribution in [0.15, 0.2) is 24.3 Å². The second kappa shape index (κ2) is 4.86. The molecule has 4 rings (SSSR count). The van der Waals surface area contributed by atoms with Crippen LogP contribution in [0.1, 0.15) is 18.4 Å². The van der Waals surface area contributed by atoms with Crippen LogP contribution in [0.5, 0.6) is 0 Å². The summed E-state index contributed by atoms with van der Waals surface area (Å²) in [6.45, 7) is 0.952. The number of rotatable bonds is 4. The van der Waals surface area contributed by atoms with Gasteiger partial charge >= 0.3 is 0 Å². The van der Waals surface area contributed by atoms with Crippen molar-refractivity contribution >= 4 is 21.4 Å². The van der Waals surface area contributed by atoms with Crippen molar-refractivity contribution in [2.45, 2.75) is 29.8 Å². The van der Waals surface area contributed by atoms with Crippen molar-refractivity contribution in [2.24, 2.45) is 5.73 Å². The number of fused-ring (bicyclic) bond motifs is 2. The predicted octanol–water partition coefficient (Wildman–Crippen LogP) is 0.480. The number of nitrogens with zero attached hydrogens (tertiary/aromatic N) is 1. The third-order valence-electron chi connectivity index (χ3n) is 4.18. The lowest BCUT2D eigenvalue weighted by atomic mass is 10.1. The first-order valence-corrected chi connectivity index (χ1v) is 8.48. The third-order valence-corrected chi connectivity index (χ3v) is 6.64. The molecule has 0 aromatic heterocycles. The van der Waals surface area contributed by atoms with Crippen molar-refractivity contribution in [3.8, 4) is 0 Å². The summed E-state index contributed by atoms with van der Waals surface area (Å²) < 4.78 is 23.5. The molecule has 5 nitrogen and oxygen atoms in total. The Morgan fingerprint density at radius 3 is 2.50 bits per heavy atom. The lowest BCUT2D eigenvalue weighted by Gasteiger charge is -2.45. The highest BCUT2D eigenvalue weighted by atomic mass is 32.2. The summed E-state index contributed by atoms with van der Waals surface area (Å²) >= 11 is 0. The molecule has 0 saturated carbocycles. The largest absolute Gasteiger partial charge is 0.330 e. The van der Waals surface area contributed by atoms with E-state index < -0.39 is 15.1 Å². The zero-order chi connectivity index (χ0) is 14.3. The number of hydrogen-bond donors (Lipinski definition) is 1. The quantitative estimate of drug-likeness (QED) is 0.876. The van der Waals surface area contributed by atoms with Crippen LogP contribution in [0.3, 0.4) is 0 Å². The van der Waals surface area contributed by atoms with Crippen LogP contribution in [0.2, 0.25) is 0 Å². The monoisotopic (exact) mass is 294 g/mol. The maximum atomic E-state index is 12.2. The van der Waals surface area contributed by atoms with Crippen LogP contribution in [0.4, 0.5) is 5.69 Å². The molecule has 2 N–H and O–H groups in total. The Balaban J connectivity index is 1.76. The number of benzene rings is 1. The highest BCUT2D eigenvalue weighted by molar-refractivity contribution is 7.95. The van der Waals surface area contributed by atoms with Crippen molar-refractivity contribution in [1.82, 2.24) is 0 Å². The van der Waals surface area contributed by atoms with Gasteiger partial charge in [-0.2, -0.15) is 0 Å². The SMILES string of the molecule is NCCCc1ccc(N2CC3CC(C2=O)S3(=O)=O)cc1. The fourth-order valence-electron chi connectivity index (χ4n) is 2.89. The van der Waals surface area contributed by atoms with Gasteiger partial charge in [0.2, 0.25) is 5.91 Å². The Kier molecular flexibility index (Phi) is 3.30. The van der Waals surface area contributed by atoms with Crippen molar-refractivity contribution < 1.29 is 13.2 Å². The summed E-state index contributed by atoms with van der Waals surface area (Å²) in [5.74, 6) is -0.276. The Morgan fingerprint density at radius 2 is 1.95 bits per heavy atom. The van der Waals surface area contributed by atoms with Gasteiger partial charge < -0.3 is 10.6 Å². The van der Waals surface area contributed by atoms with Gasteiger partial charge in [0.25, 0.3) is 0 Å². The zero-order valence-corrected chi connectivity index (χ0v) is 12.0. The lowest BCUT2D eigenvalue weighted by Crippen LogP contribution is -2.65. The summed E-state index contributed by atoms with van der Waals surface area (Å²) in [6.07, 6.45) is 2.35. The third kappa shape index (κ3) is 2.03. The van der Waals surface area contributed by atoms with Gasteiger partial charge in [0.1, 0.15) is 5.25 Å². The lowest BCUT2D eigenvalue weighted by molar-refractivity contribution is -0.119. The fraction of sp³-hybridized carbons (Fsp3) is 0.500. The molecule has 20 heavy (non-hydrogen) atoms. The molecule has 1 aromatic rings. The average molecular weight is 294 g/mol. The van der Waals surface area contributed by atoms with Crippen LogP contribution >= 0.6 is 0 Å². The molecule has 2 bridgehead atoms. The molecule has 6 heteroatoms. The van der Waals surface area contributed by atoms with E-state index >= 15 is 0 Å². The van der Waals surface area contributed by atoms with Crippen LogP contribution in [-0.2, 0) is 21.1 Å². The molecule has 2 unspecified atom stereocenters. The molecule has 0 spiro atoms. The molecule has 3 saturated heterocycles. The smallest absolute Gasteiger partial charge is 0.245 e. The normalized spacial score (nSPS) is 27.2. The minimum absolute atomic E-state index is 0.276. The van der Waals surface area contributed by atoms with E-state index in [-0.39, 0.29) is 11.2 Å². The summed E-state index contributed by atoms with van der Waals surface area (Å²) in [5, 5.41) is -1.18. The second-order valence-electron chi connectivity index (χ2n) is 5.44. The number of hydrogen-bond acceptors (Lipinski definition) is 4. The molecule has 3 fully saturated rings. The fourth-order valence-corrected chi connectivity index (χ4v) is 4.72. The first-order chi connectivity index (χ1) is 9.54. The Labute approximate surface area is 118 Å². The number of amides is 1. The van der Waals surface area contributed by atoms with E-state index in [4.69, 9.17) is 5.73 Å². The van der Waals surface area contributed by atoms with Gasteiger partial charge in [-0.05, 0) is 43.5 Å². The number of nitrogens with two attached hydrogens (primary N) is 1. The molecule has 1 amide bonds. The van der Waals surface area contributed by atoms with Gasteiger partial charge in [0, 0.05) is 12.2 Å². The Morgan fingerprint density at radius 1 is 1.25 bits per heavy atom. The first kappa shape index (κ1) is 13.6. The number of carbonyl (C=O) groups is 1. The van der Waals surface area contributed by atoms with Gasteiger partial charge in [-0.1, -0.05) is 12.1 Å². The van der Waals surface area contributed by atoms with Gasteiger partial charge in [0.05, 0.1) is 5.25 Å². The van der Waals surface area contributed by atoms with Crippen LogP contribution < -0.4 is 10.6 Å². The van der Waals surface area contributed by atoms with E-state index in [0.29, 0.717) is 19.5 Å². The topological polar surface area (TPSA) is 80.5 Å². The highest BCUT2D eigenvalue weighted by Crippen LogP contribution is 2.38. The van der Waals surface area contributed by atoms with Crippen molar-refractivity contribution in [2.75, 3.05) is 18.0 Å². The van der Waals surface area contributed by atoms with Crippen LogP contribution in [0, 0.1) is 0 Å². The minimum atomic E-state index is -3.18. The number of sulfone groups is 1. The van der Waals surface area contributed by atoms with E-state index in [2.05, 4.69) is 0 Å². The number of piperidine rings is 1. The molecule has 1 aromatic carbocycles. The molecule has 3 heterocycles. The Bertz CT molecular complexity index is 624. The molecule has 3 aliphatic rings. The van der Waals surface area contributed by atoms with E-state index in [9.17, 15) is 13.2 Å². The maximum Gasteiger partial charge on any atom is 0.245 e. The van der Waals surface area contributed by atoms with E-state index in [1.807, 2.05) is 24.3 Å². The predicted molar refractivity (Wildman–Crippen MR) is 77.3 cm³/mol. The van der Waals surface area contributed by atoms with Crippen molar-refractivity contribution in [3.05, 3.63) is 29.8 Å². The number of carbonyl (C=O) groups excluding carboxylic acids is 1. The zero-order valence-electron chi connectivity index (χ0n) is 11.2. The maximum absolute atomic E-state index is 12.2. The van der Waals surface area contributed by atoms with Gasteiger partial charge in [-0.3, -0.25) is 4.79 Å². The van der Waals surface area contributed by atoms with E-state index in [0.717, 1.165) is 18.5 Å². The van der Waals surface area contributed by atoms with E-state index in [1.54, 1.807) is 4.90 Å². The van der Waals surface area contributed by atoms with Crippen LogP contribution in [-0.4, -0.2) is 37.9 Å². The number of anilines is 1. The minimum Gasteiger partial charge on any atom is -0.330 e. The van der Waals surface area contributed by atoms with E-state index in [1.165, 1.54) is 5.56 Å². The van der Waals surface area contributed by atoms with Crippen molar-refractivity contribution in [3.63, 3.8) is 0 Å². The molecule has 0 radical (unpaired) electrons. The standard InChI is InChI=1S/C14H18N2O3S/c15-7-1-2-10-3-5-11(6-4-10)16-9-12-8-13(14(16)17)20(12,18)19/h3-6,12-13H,1-2,7-9,15H2. The molecule has 2 atom stereocenters. The molecular weight excluding hydrogens is 276 g/mol. The summed E-state index contributed by atoms with van der Waals surface area (Å²) in [6, 6.07) is 7.74. The average Bonchev–Trinajstić information content (AvgIpc) is 2.45. The van der Waals surface area contributed by atoms with Crippen LogP contribution in [0.25, 0.3) is 0 Å². The summed E-state index contributed by atoms with van der Waals surface area (Å²) in [7, 11) is -3.18. The van der Waals surface area contributed by atoms with Gasteiger partial charge in [-0.25, -0.2) is 8.42 Å².